The van der Waals surface area contributed by atoms with Gasteiger partial charge in [0.05, 0.1) is 32.6 Å². The van der Waals surface area contributed by atoms with E-state index < -0.39 is 17.9 Å². The van der Waals surface area contributed by atoms with Gasteiger partial charge in [0.25, 0.3) is 0 Å². The molecule has 1 aliphatic rings. The lowest BCUT2D eigenvalue weighted by Crippen LogP contribution is -2.27. The maximum atomic E-state index is 12.6. The number of esters is 3. The molecule has 0 saturated carbocycles. The summed E-state index contributed by atoms with van der Waals surface area (Å²) in [6, 6.07) is 10.2. The van der Waals surface area contributed by atoms with Crippen LogP contribution in [-0.4, -0.2) is 39.2 Å². The van der Waals surface area contributed by atoms with E-state index in [2.05, 4.69) is 4.74 Å². The first-order chi connectivity index (χ1) is 14.5. The van der Waals surface area contributed by atoms with Gasteiger partial charge in [-0.25, -0.2) is 14.4 Å². The Morgan fingerprint density at radius 2 is 1.53 bits per heavy atom. The van der Waals surface area contributed by atoms with Crippen molar-refractivity contribution in [3.8, 4) is 11.3 Å². The number of nitrogens with zero attached hydrogens (tertiary/aromatic N) is 1. The summed E-state index contributed by atoms with van der Waals surface area (Å²) in [6.07, 6.45) is 6.36. The number of benzene rings is 1. The largest absolute Gasteiger partial charge is 0.465 e. The van der Waals surface area contributed by atoms with E-state index in [0.717, 1.165) is 0 Å². The minimum Gasteiger partial charge on any atom is -0.465 e. The van der Waals surface area contributed by atoms with Gasteiger partial charge in [0.15, 0.2) is 0 Å². The first-order valence-electron chi connectivity index (χ1n) is 8.84. The van der Waals surface area contributed by atoms with E-state index in [9.17, 15) is 14.4 Å². The molecule has 0 unspecified atom stereocenters. The second-order valence-electron chi connectivity index (χ2n) is 5.99. The molecule has 0 bridgehead atoms. The van der Waals surface area contributed by atoms with Crippen molar-refractivity contribution in [3.05, 3.63) is 77.9 Å². The summed E-state index contributed by atoms with van der Waals surface area (Å²) in [5.41, 5.74) is 1.09. The molecule has 0 aliphatic carbocycles. The molecule has 3 rings (SSSR count). The van der Waals surface area contributed by atoms with E-state index in [4.69, 9.17) is 13.9 Å². The van der Waals surface area contributed by atoms with Crippen LogP contribution in [0.5, 0.6) is 0 Å². The highest BCUT2D eigenvalue weighted by atomic mass is 16.5. The molecule has 30 heavy (non-hydrogen) atoms. The highest BCUT2D eigenvalue weighted by Gasteiger charge is 2.29. The summed E-state index contributed by atoms with van der Waals surface area (Å²) in [7, 11) is 3.71. The lowest BCUT2D eigenvalue weighted by atomic mass is 10.1. The third kappa shape index (κ3) is 3.88. The van der Waals surface area contributed by atoms with Crippen LogP contribution in [0.25, 0.3) is 11.3 Å². The average Bonchev–Trinajstić information content (AvgIpc) is 3.17. The van der Waals surface area contributed by atoms with Gasteiger partial charge in [-0.15, -0.1) is 0 Å². The number of carbonyl (C=O) groups is 3. The Kier molecular flexibility index (Phi) is 6.17. The fraction of sp³-hybridized carbons (Fsp3) is 0.136. The molecular formula is C22H19NO7. The number of hydrogen-bond donors (Lipinski definition) is 0. The van der Waals surface area contributed by atoms with Crippen LogP contribution in [0.1, 0.15) is 10.6 Å². The van der Waals surface area contributed by atoms with Gasteiger partial charge in [-0.2, -0.15) is 0 Å². The molecule has 1 aromatic carbocycles. The lowest BCUT2D eigenvalue weighted by molar-refractivity contribution is -0.139. The first-order valence-corrected chi connectivity index (χ1v) is 8.84. The zero-order valence-electron chi connectivity index (χ0n) is 16.6. The molecular weight excluding hydrogens is 390 g/mol. The van der Waals surface area contributed by atoms with Crippen molar-refractivity contribution >= 4 is 23.6 Å². The fourth-order valence-corrected chi connectivity index (χ4v) is 2.94. The summed E-state index contributed by atoms with van der Waals surface area (Å²) in [5.74, 6) is -1.62. The van der Waals surface area contributed by atoms with Gasteiger partial charge in [-0.05, 0) is 36.4 Å². The summed E-state index contributed by atoms with van der Waals surface area (Å²) >= 11 is 0. The zero-order chi connectivity index (χ0) is 21.7. The van der Waals surface area contributed by atoms with Crippen LogP contribution >= 0.6 is 0 Å². The molecule has 2 heterocycles. The van der Waals surface area contributed by atoms with E-state index in [1.807, 2.05) is 0 Å². The molecule has 0 spiro atoms. The average molecular weight is 409 g/mol. The van der Waals surface area contributed by atoms with E-state index in [1.165, 1.54) is 38.4 Å². The molecule has 1 aromatic heterocycles. The van der Waals surface area contributed by atoms with Crippen LogP contribution < -0.4 is 4.90 Å². The van der Waals surface area contributed by atoms with Crippen LogP contribution in [0.15, 0.2) is 76.5 Å². The second-order valence-corrected chi connectivity index (χ2v) is 5.99. The molecule has 8 heteroatoms. The second kappa shape index (κ2) is 8.95. The SMILES string of the molecule is COC(=O)C1=C(C(=O)OC)N(c2ccccc2-c2ccc(C(=O)OC)o2)C=CC=C1. The standard InChI is InChI=1S/C22H19NO7/c1-27-20(24)15-9-6-7-13-23(19(15)22(26)29-3)16-10-5-4-8-14(16)17-11-12-18(30-17)21(25)28-2/h4-13H,1-3H3. The van der Waals surface area contributed by atoms with Gasteiger partial charge in [0.2, 0.25) is 5.76 Å². The minimum atomic E-state index is -0.726. The van der Waals surface area contributed by atoms with E-state index in [-0.39, 0.29) is 17.0 Å². The number of allylic oxidation sites excluding steroid dienone is 2. The Morgan fingerprint density at radius 3 is 2.23 bits per heavy atom. The van der Waals surface area contributed by atoms with Crippen LogP contribution in [-0.2, 0) is 23.8 Å². The maximum Gasteiger partial charge on any atom is 0.373 e. The monoisotopic (exact) mass is 409 g/mol. The van der Waals surface area contributed by atoms with Crippen molar-refractivity contribution in [1.29, 1.82) is 0 Å². The number of furan rings is 1. The summed E-state index contributed by atoms with van der Waals surface area (Å²) in [4.78, 5) is 38.2. The Morgan fingerprint density at radius 1 is 0.833 bits per heavy atom. The molecule has 0 saturated heterocycles. The number of rotatable bonds is 5. The number of methoxy groups -OCH3 is 3. The topological polar surface area (TPSA) is 95.3 Å². The summed E-state index contributed by atoms with van der Waals surface area (Å²) < 4.78 is 20.1. The zero-order valence-corrected chi connectivity index (χ0v) is 16.6. The molecule has 1 aliphatic heterocycles. The Hall–Kier alpha value is -4.07. The normalized spacial score (nSPS) is 13.1. The van der Waals surface area contributed by atoms with Crippen molar-refractivity contribution in [2.24, 2.45) is 0 Å². The van der Waals surface area contributed by atoms with Crippen LogP contribution in [0.2, 0.25) is 0 Å². The van der Waals surface area contributed by atoms with Gasteiger partial charge in [0.1, 0.15) is 11.5 Å². The Bertz CT molecular complexity index is 1070. The molecule has 154 valence electrons. The smallest absolute Gasteiger partial charge is 0.373 e. The minimum absolute atomic E-state index is 0.0263. The Labute approximate surface area is 172 Å². The van der Waals surface area contributed by atoms with Crippen molar-refractivity contribution in [3.63, 3.8) is 0 Å². The number of para-hydroxylation sites is 1. The van der Waals surface area contributed by atoms with Crippen LogP contribution in [0.3, 0.4) is 0 Å². The molecule has 8 nitrogen and oxygen atoms in total. The highest BCUT2D eigenvalue weighted by Crippen LogP contribution is 2.36. The quantitative estimate of drug-likeness (QED) is 0.549. The van der Waals surface area contributed by atoms with Gasteiger partial charge in [-0.1, -0.05) is 18.2 Å². The summed E-state index contributed by atoms with van der Waals surface area (Å²) in [5, 5.41) is 0. The van der Waals surface area contributed by atoms with Crippen molar-refractivity contribution in [1.82, 2.24) is 0 Å². The van der Waals surface area contributed by atoms with Gasteiger partial charge >= 0.3 is 17.9 Å². The Balaban J connectivity index is 2.19. The molecule has 2 aromatic rings. The number of ether oxygens (including phenoxy) is 3. The van der Waals surface area contributed by atoms with Crippen LogP contribution in [0, 0.1) is 0 Å². The van der Waals surface area contributed by atoms with Crippen LogP contribution in [0.4, 0.5) is 5.69 Å². The highest BCUT2D eigenvalue weighted by molar-refractivity contribution is 6.06. The predicted octanol–water partition coefficient (Wildman–Crippen LogP) is 3.22. The van der Waals surface area contributed by atoms with Crippen molar-refractivity contribution in [2.75, 3.05) is 26.2 Å². The molecule has 0 amide bonds. The van der Waals surface area contributed by atoms with E-state index >= 15 is 0 Å². The maximum absolute atomic E-state index is 12.6. The summed E-state index contributed by atoms with van der Waals surface area (Å²) in [6.45, 7) is 0. The van der Waals surface area contributed by atoms with Gasteiger partial charge in [-0.3, -0.25) is 0 Å². The molecule has 0 fully saturated rings. The molecule has 0 atom stereocenters. The third-order valence-corrected chi connectivity index (χ3v) is 4.31. The molecule has 0 radical (unpaired) electrons. The third-order valence-electron chi connectivity index (χ3n) is 4.31. The molecule has 0 N–H and O–H groups in total. The number of carbonyl (C=O) groups excluding carboxylic acids is 3. The number of hydrogen-bond acceptors (Lipinski definition) is 8. The van der Waals surface area contributed by atoms with Gasteiger partial charge < -0.3 is 23.5 Å². The van der Waals surface area contributed by atoms with Crippen molar-refractivity contribution in [2.45, 2.75) is 0 Å². The first kappa shape index (κ1) is 20.7. The lowest BCUT2D eigenvalue weighted by Gasteiger charge is -2.24. The number of anilines is 1. The van der Waals surface area contributed by atoms with Crippen molar-refractivity contribution < 1.29 is 33.0 Å². The van der Waals surface area contributed by atoms with E-state index in [1.54, 1.807) is 48.7 Å². The van der Waals surface area contributed by atoms with Gasteiger partial charge in [0, 0.05) is 11.8 Å². The fourth-order valence-electron chi connectivity index (χ4n) is 2.94. The van der Waals surface area contributed by atoms with E-state index in [0.29, 0.717) is 17.0 Å². The predicted molar refractivity (Wildman–Crippen MR) is 107 cm³/mol.